The van der Waals surface area contributed by atoms with Gasteiger partial charge in [-0.15, -0.1) is 0 Å². The van der Waals surface area contributed by atoms with Gasteiger partial charge in [0.1, 0.15) is 5.75 Å². The fraction of sp³-hybridized carbons (Fsp3) is 0.500. The van der Waals surface area contributed by atoms with Crippen molar-refractivity contribution in [3.05, 3.63) is 28.8 Å². The molecule has 0 N–H and O–H groups in total. The number of thioether (sulfide) groups is 1. The van der Waals surface area contributed by atoms with Gasteiger partial charge in [0.25, 0.3) is 0 Å². The van der Waals surface area contributed by atoms with Crippen molar-refractivity contribution in [1.82, 2.24) is 0 Å². The molecule has 0 fully saturated rings. The number of hydrogen-bond acceptors (Lipinski definition) is 3. The summed E-state index contributed by atoms with van der Waals surface area (Å²) in [5.74, 6) is 1.59. The molecule has 0 atom stereocenters. The zero-order chi connectivity index (χ0) is 13.0. The van der Waals surface area contributed by atoms with Crippen molar-refractivity contribution in [3.63, 3.8) is 0 Å². The SMILES string of the molecule is COc1cc(C)c(C(=O)CSC(C)C)cc1C. The molecular weight excluding hydrogens is 232 g/mol. The number of hydrogen-bond donors (Lipinski definition) is 0. The highest BCUT2D eigenvalue weighted by Crippen LogP contribution is 2.24. The summed E-state index contributed by atoms with van der Waals surface area (Å²) in [5, 5.41) is 0.485. The molecule has 0 aromatic heterocycles. The van der Waals surface area contributed by atoms with Crippen molar-refractivity contribution in [2.24, 2.45) is 0 Å². The molecule has 0 aliphatic heterocycles. The number of rotatable bonds is 5. The molecule has 0 unspecified atom stereocenters. The Balaban J connectivity index is 2.91. The van der Waals surface area contributed by atoms with Crippen molar-refractivity contribution >= 4 is 17.5 Å². The number of ether oxygens (including phenoxy) is 1. The number of Topliss-reactive ketones (excluding diaryl/α,β-unsaturated/α-hetero) is 1. The first-order valence-electron chi connectivity index (χ1n) is 5.75. The van der Waals surface area contributed by atoms with Gasteiger partial charge in [-0.05, 0) is 42.4 Å². The van der Waals surface area contributed by atoms with E-state index in [2.05, 4.69) is 13.8 Å². The highest BCUT2D eigenvalue weighted by Gasteiger charge is 2.12. The summed E-state index contributed by atoms with van der Waals surface area (Å²) in [7, 11) is 1.65. The quantitative estimate of drug-likeness (QED) is 0.748. The van der Waals surface area contributed by atoms with Crippen molar-refractivity contribution in [1.29, 1.82) is 0 Å². The Morgan fingerprint density at radius 1 is 1.29 bits per heavy atom. The molecule has 1 aromatic rings. The summed E-state index contributed by atoms with van der Waals surface area (Å²) in [6, 6.07) is 3.86. The van der Waals surface area contributed by atoms with E-state index in [9.17, 15) is 4.79 Å². The van der Waals surface area contributed by atoms with Crippen molar-refractivity contribution in [3.8, 4) is 5.75 Å². The van der Waals surface area contributed by atoms with Gasteiger partial charge in [0.15, 0.2) is 5.78 Å². The summed E-state index contributed by atoms with van der Waals surface area (Å²) < 4.78 is 5.24. The lowest BCUT2D eigenvalue weighted by molar-refractivity contribution is 0.102. The van der Waals surface area contributed by atoms with Gasteiger partial charge in [-0.25, -0.2) is 0 Å². The molecule has 2 nitrogen and oxygen atoms in total. The van der Waals surface area contributed by atoms with Gasteiger partial charge in [-0.2, -0.15) is 11.8 Å². The normalized spacial score (nSPS) is 10.7. The lowest BCUT2D eigenvalue weighted by Gasteiger charge is -2.11. The number of methoxy groups -OCH3 is 1. The molecule has 94 valence electrons. The van der Waals surface area contributed by atoms with Crippen LogP contribution in [-0.4, -0.2) is 23.9 Å². The predicted octanol–water partition coefficient (Wildman–Crippen LogP) is 3.64. The Bertz CT molecular complexity index is 411. The second kappa shape index (κ2) is 6.10. The predicted molar refractivity (Wildman–Crippen MR) is 74.4 cm³/mol. The summed E-state index contributed by atoms with van der Waals surface area (Å²) in [6.07, 6.45) is 0. The van der Waals surface area contributed by atoms with E-state index in [1.165, 1.54) is 0 Å². The molecule has 0 radical (unpaired) electrons. The van der Waals surface area contributed by atoms with E-state index in [1.807, 2.05) is 26.0 Å². The summed E-state index contributed by atoms with van der Waals surface area (Å²) in [6.45, 7) is 8.12. The largest absolute Gasteiger partial charge is 0.496 e. The van der Waals surface area contributed by atoms with Crippen LogP contribution in [0.15, 0.2) is 12.1 Å². The van der Waals surface area contributed by atoms with Gasteiger partial charge in [0.2, 0.25) is 0 Å². The topological polar surface area (TPSA) is 26.3 Å². The summed E-state index contributed by atoms with van der Waals surface area (Å²) >= 11 is 1.68. The van der Waals surface area contributed by atoms with E-state index >= 15 is 0 Å². The van der Waals surface area contributed by atoms with Crippen LogP contribution in [0.25, 0.3) is 0 Å². The van der Waals surface area contributed by atoms with E-state index in [-0.39, 0.29) is 5.78 Å². The highest BCUT2D eigenvalue weighted by atomic mass is 32.2. The molecule has 0 saturated carbocycles. The Labute approximate surface area is 108 Å². The fourth-order valence-electron chi connectivity index (χ4n) is 1.63. The van der Waals surface area contributed by atoms with Crippen LogP contribution < -0.4 is 4.74 Å². The van der Waals surface area contributed by atoms with E-state index in [4.69, 9.17) is 4.74 Å². The van der Waals surface area contributed by atoms with Gasteiger partial charge in [0.05, 0.1) is 12.9 Å². The molecule has 0 amide bonds. The molecule has 0 heterocycles. The van der Waals surface area contributed by atoms with Crippen LogP contribution in [0.2, 0.25) is 0 Å². The minimum absolute atomic E-state index is 0.201. The average Bonchev–Trinajstić information content (AvgIpc) is 2.28. The molecular formula is C14H20O2S. The lowest BCUT2D eigenvalue weighted by atomic mass is 10.0. The van der Waals surface area contributed by atoms with Gasteiger partial charge in [-0.3, -0.25) is 4.79 Å². The molecule has 0 spiro atoms. The van der Waals surface area contributed by atoms with Crippen LogP contribution in [0.4, 0.5) is 0 Å². The first kappa shape index (κ1) is 14.1. The number of carbonyl (C=O) groups is 1. The highest BCUT2D eigenvalue weighted by molar-refractivity contribution is 8.00. The van der Waals surface area contributed by atoms with Crippen molar-refractivity contribution < 1.29 is 9.53 Å². The standard InChI is InChI=1S/C14H20O2S/c1-9(2)17-8-13(15)12-6-11(4)14(16-5)7-10(12)3/h6-7,9H,8H2,1-5H3. The minimum Gasteiger partial charge on any atom is -0.496 e. The van der Waals surface area contributed by atoms with Crippen molar-refractivity contribution in [2.45, 2.75) is 32.9 Å². The smallest absolute Gasteiger partial charge is 0.173 e. The maximum Gasteiger partial charge on any atom is 0.173 e. The van der Waals surface area contributed by atoms with Crippen LogP contribution in [0.3, 0.4) is 0 Å². The third-order valence-electron chi connectivity index (χ3n) is 2.59. The maximum atomic E-state index is 12.1. The fourth-order valence-corrected chi connectivity index (χ4v) is 2.27. The minimum atomic E-state index is 0.201. The van der Waals surface area contributed by atoms with Crippen LogP contribution >= 0.6 is 11.8 Å². The Morgan fingerprint density at radius 3 is 2.47 bits per heavy atom. The molecule has 0 aliphatic rings. The molecule has 3 heteroatoms. The Hall–Kier alpha value is -0.960. The van der Waals surface area contributed by atoms with Gasteiger partial charge < -0.3 is 4.74 Å². The Kier molecular flexibility index (Phi) is 5.06. The lowest BCUT2D eigenvalue weighted by Crippen LogP contribution is -2.07. The monoisotopic (exact) mass is 252 g/mol. The third kappa shape index (κ3) is 3.77. The van der Waals surface area contributed by atoms with Crippen LogP contribution in [0, 0.1) is 13.8 Å². The van der Waals surface area contributed by atoms with Crippen LogP contribution in [0.5, 0.6) is 5.75 Å². The first-order chi connectivity index (χ1) is 7.95. The molecule has 0 bridgehead atoms. The zero-order valence-electron chi connectivity index (χ0n) is 11.2. The van der Waals surface area contributed by atoms with Crippen LogP contribution in [0.1, 0.15) is 35.3 Å². The van der Waals surface area contributed by atoms with E-state index in [1.54, 1.807) is 18.9 Å². The molecule has 0 aliphatic carbocycles. The second-order valence-electron chi connectivity index (χ2n) is 4.42. The van der Waals surface area contributed by atoms with E-state index in [0.717, 1.165) is 22.4 Å². The number of benzene rings is 1. The van der Waals surface area contributed by atoms with Crippen molar-refractivity contribution in [2.75, 3.05) is 12.9 Å². The molecule has 17 heavy (non-hydrogen) atoms. The van der Waals surface area contributed by atoms with Gasteiger partial charge in [0, 0.05) is 5.56 Å². The maximum absolute atomic E-state index is 12.1. The van der Waals surface area contributed by atoms with Crippen LogP contribution in [-0.2, 0) is 0 Å². The van der Waals surface area contributed by atoms with E-state index in [0.29, 0.717) is 11.0 Å². The summed E-state index contributed by atoms with van der Waals surface area (Å²) in [4.78, 5) is 12.1. The molecule has 0 saturated heterocycles. The van der Waals surface area contributed by atoms with Gasteiger partial charge in [-0.1, -0.05) is 13.8 Å². The summed E-state index contributed by atoms with van der Waals surface area (Å²) in [5.41, 5.74) is 2.81. The van der Waals surface area contributed by atoms with Gasteiger partial charge >= 0.3 is 0 Å². The number of carbonyl (C=O) groups excluding carboxylic acids is 1. The molecule has 1 aromatic carbocycles. The zero-order valence-corrected chi connectivity index (χ0v) is 12.0. The third-order valence-corrected chi connectivity index (χ3v) is 3.69. The average molecular weight is 252 g/mol. The van der Waals surface area contributed by atoms with E-state index < -0.39 is 0 Å². The molecule has 1 rings (SSSR count). The second-order valence-corrected chi connectivity index (χ2v) is 5.98. The first-order valence-corrected chi connectivity index (χ1v) is 6.80. The Morgan fingerprint density at radius 2 is 1.94 bits per heavy atom. The number of ketones is 1. The number of aryl methyl sites for hydroxylation is 2.